The fraction of sp³-hybridized carbons (Fsp3) is 0.500. The molecule has 0 saturated heterocycles. The highest BCUT2D eigenvalue weighted by molar-refractivity contribution is 7.15. The maximum Gasteiger partial charge on any atom is 0.107 e. The first-order valence-electron chi connectivity index (χ1n) is 8.06. The molecule has 1 aromatic carbocycles. The van der Waals surface area contributed by atoms with Gasteiger partial charge in [0.2, 0.25) is 0 Å². The van der Waals surface area contributed by atoms with Crippen molar-refractivity contribution < 1.29 is 0 Å². The Morgan fingerprint density at radius 1 is 1.10 bits per heavy atom. The minimum Gasteiger partial charge on any atom is -0.308 e. The highest BCUT2D eigenvalue weighted by Crippen LogP contribution is 2.26. The van der Waals surface area contributed by atoms with Crippen LogP contribution in [0, 0.1) is 6.92 Å². The van der Waals surface area contributed by atoms with E-state index in [2.05, 4.69) is 41.5 Å². The molecule has 1 aliphatic rings. The molecule has 1 saturated carbocycles. The van der Waals surface area contributed by atoms with E-state index in [4.69, 9.17) is 0 Å². The fourth-order valence-electron chi connectivity index (χ4n) is 2.96. The Labute approximate surface area is 131 Å². The van der Waals surface area contributed by atoms with Crippen LogP contribution in [-0.4, -0.2) is 11.0 Å². The first kappa shape index (κ1) is 14.7. The number of aryl methyl sites for hydroxylation is 1. The third-order valence-corrected chi connectivity index (χ3v) is 5.33. The van der Waals surface area contributed by atoms with Crippen molar-refractivity contribution >= 4 is 11.3 Å². The summed E-state index contributed by atoms with van der Waals surface area (Å²) >= 11 is 1.81. The van der Waals surface area contributed by atoms with Crippen molar-refractivity contribution in [3.63, 3.8) is 0 Å². The molecular weight excluding hydrogens is 276 g/mol. The summed E-state index contributed by atoms with van der Waals surface area (Å²) in [5.74, 6) is 0. The Kier molecular flexibility index (Phi) is 5.04. The second kappa shape index (κ2) is 7.19. The number of hydrogen-bond acceptors (Lipinski definition) is 3. The summed E-state index contributed by atoms with van der Waals surface area (Å²) < 4.78 is 0. The smallest absolute Gasteiger partial charge is 0.107 e. The van der Waals surface area contributed by atoms with Crippen LogP contribution in [0.25, 0.3) is 10.4 Å². The lowest BCUT2D eigenvalue weighted by Crippen LogP contribution is -2.27. The quantitative estimate of drug-likeness (QED) is 0.810. The molecule has 0 bridgehead atoms. The van der Waals surface area contributed by atoms with Crippen LogP contribution in [0.3, 0.4) is 0 Å². The van der Waals surface area contributed by atoms with Gasteiger partial charge in [-0.2, -0.15) is 0 Å². The van der Waals surface area contributed by atoms with Crippen LogP contribution in [0.2, 0.25) is 0 Å². The molecule has 1 aromatic heterocycles. The Morgan fingerprint density at radius 2 is 1.81 bits per heavy atom. The van der Waals surface area contributed by atoms with Crippen molar-refractivity contribution in [2.24, 2.45) is 0 Å². The Hall–Kier alpha value is -1.19. The number of benzene rings is 1. The first-order valence-corrected chi connectivity index (χ1v) is 8.88. The summed E-state index contributed by atoms with van der Waals surface area (Å²) in [5.41, 5.74) is 2.58. The van der Waals surface area contributed by atoms with E-state index < -0.39 is 0 Å². The maximum atomic E-state index is 4.58. The third kappa shape index (κ3) is 4.14. The summed E-state index contributed by atoms with van der Waals surface area (Å²) in [4.78, 5) is 5.85. The lowest BCUT2D eigenvalue weighted by atomic mass is 10.1. The van der Waals surface area contributed by atoms with Crippen LogP contribution in [-0.2, 0) is 6.54 Å². The lowest BCUT2D eigenvalue weighted by Gasteiger charge is -2.14. The average Bonchev–Trinajstić information content (AvgIpc) is 2.81. The van der Waals surface area contributed by atoms with Crippen molar-refractivity contribution in [2.45, 2.75) is 58.0 Å². The van der Waals surface area contributed by atoms with Gasteiger partial charge in [0.1, 0.15) is 5.01 Å². The summed E-state index contributed by atoms with van der Waals surface area (Å²) in [7, 11) is 0. The number of aromatic nitrogens is 1. The topological polar surface area (TPSA) is 24.9 Å². The van der Waals surface area contributed by atoms with Gasteiger partial charge in [-0.15, -0.1) is 11.3 Å². The summed E-state index contributed by atoms with van der Waals surface area (Å²) in [6.45, 7) is 3.04. The lowest BCUT2D eigenvalue weighted by molar-refractivity contribution is 0.458. The van der Waals surface area contributed by atoms with E-state index in [0.717, 1.165) is 6.54 Å². The van der Waals surface area contributed by atoms with E-state index >= 15 is 0 Å². The average molecular weight is 300 g/mol. The molecule has 1 fully saturated rings. The van der Waals surface area contributed by atoms with E-state index in [0.29, 0.717) is 6.04 Å². The number of thiazole rings is 1. The van der Waals surface area contributed by atoms with Crippen LogP contribution in [0.1, 0.15) is 49.1 Å². The molecule has 3 rings (SSSR count). The normalized spacial score (nSPS) is 16.8. The molecule has 1 aliphatic carbocycles. The van der Waals surface area contributed by atoms with E-state index in [1.807, 2.05) is 17.5 Å². The molecule has 3 heteroatoms. The van der Waals surface area contributed by atoms with Crippen molar-refractivity contribution in [1.82, 2.24) is 10.3 Å². The van der Waals surface area contributed by atoms with Crippen LogP contribution in [0.15, 0.2) is 30.5 Å². The highest BCUT2D eigenvalue weighted by atomic mass is 32.1. The van der Waals surface area contributed by atoms with Crippen LogP contribution in [0.4, 0.5) is 0 Å². The van der Waals surface area contributed by atoms with Crippen molar-refractivity contribution in [3.05, 3.63) is 41.0 Å². The van der Waals surface area contributed by atoms with Gasteiger partial charge in [-0.1, -0.05) is 55.5 Å². The van der Waals surface area contributed by atoms with Gasteiger partial charge in [-0.25, -0.2) is 4.98 Å². The standard InChI is InChI=1S/C18H24N2S/c1-14-8-10-15(11-9-14)17-12-20-18(21-17)13-19-16-6-4-2-3-5-7-16/h8-12,16,19H,2-7,13H2,1H3. The largest absolute Gasteiger partial charge is 0.308 e. The van der Waals surface area contributed by atoms with Gasteiger partial charge in [0.05, 0.1) is 4.88 Å². The van der Waals surface area contributed by atoms with Crippen LogP contribution < -0.4 is 5.32 Å². The van der Waals surface area contributed by atoms with Gasteiger partial charge in [0.15, 0.2) is 0 Å². The molecule has 21 heavy (non-hydrogen) atoms. The van der Waals surface area contributed by atoms with Gasteiger partial charge in [0.25, 0.3) is 0 Å². The monoisotopic (exact) mass is 300 g/mol. The summed E-state index contributed by atoms with van der Waals surface area (Å²) in [6, 6.07) is 9.40. The highest BCUT2D eigenvalue weighted by Gasteiger charge is 2.12. The van der Waals surface area contributed by atoms with E-state index in [9.17, 15) is 0 Å². The Morgan fingerprint density at radius 3 is 2.52 bits per heavy atom. The molecule has 0 aliphatic heterocycles. The Balaban J connectivity index is 1.58. The predicted octanol–water partition coefficient (Wildman–Crippen LogP) is 4.93. The second-order valence-electron chi connectivity index (χ2n) is 6.05. The van der Waals surface area contributed by atoms with E-state index in [1.54, 1.807) is 0 Å². The molecule has 0 amide bonds. The third-order valence-electron chi connectivity index (χ3n) is 4.29. The van der Waals surface area contributed by atoms with Crippen molar-refractivity contribution in [1.29, 1.82) is 0 Å². The zero-order valence-corrected chi connectivity index (χ0v) is 13.6. The molecule has 0 atom stereocenters. The SMILES string of the molecule is Cc1ccc(-c2cnc(CNC3CCCCCC3)s2)cc1. The molecule has 0 radical (unpaired) electrons. The molecule has 112 valence electrons. The van der Waals surface area contributed by atoms with Crippen molar-refractivity contribution in [3.8, 4) is 10.4 Å². The van der Waals surface area contributed by atoms with Gasteiger partial charge >= 0.3 is 0 Å². The Bertz CT molecular complexity index is 551. The van der Waals surface area contributed by atoms with Gasteiger partial charge < -0.3 is 5.32 Å². The zero-order valence-electron chi connectivity index (χ0n) is 12.8. The maximum absolute atomic E-state index is 4.58. The van der Waals surface area contributed by atoms with E-state index in [1.165, 1.54) is 59.5 Å². The zero-order chi connectivity index (χ0) is 14.5. The predicted molar refractivity (Wildman–Crippen MR) is 90.6 cm³/mol. The number of nitrogens with one attached hydrogen (secondary N) is 1. The summed E-state index contributed by atoms with van der Waals surface area (Å²) in [6.07, 6.45) is 10.3. The van der Waals surface area contributed by atoms with Crippen LogP contribution >= 0.6 is 11.3 Å². The van der Waals surface area contributed by atoms with Gasteiger partial charge in [-0.05, 0) is 25.3 Å². The van der Waals surface area contributed by atoms with Crippen molar-refractivity contribution in [2.75, 3.05) is 0 Å². The van der Waals surface area contributed by atoms with Gasteiger partial charge in [-0.3, -0.25) is 0 Å². The second-order valence-corrected chi connectivity index (χ2v) is 7.17. The molecule has 2 nitrogen and oxygen atoms in total. The van der Waals surface area contributed by atoms with Gasteiger partial charge in [0, 0.05) is 18.8 Å². The molecule has 0 spiro atoms. The number of nitrogens with zero attached hydrogens (tertiary/aromatic N) is 1. The number of hydrogen-bond donors (Lipinski definition) is 1. The minimum absolute atomic E-state index is 0.694. The molecule has 2 aromatic rings. The summed E-state index contributed by atoms with van der Waals surface area (Å²) in [5, 5.41) is 4.90. The molecule has 1 heterocycles. The van der Waals surface area contributed by atoms with E-state index in [-0.39, 0.29) is 0 Å². The first-order chi connectivity index (χ1) is 10.3. The minimum atomic E-state index is 0.694. The number of rotatable bonds is 4. The van der Waals surface area contributed by atoms with Crippen LogP contribution in [0.5, 0.6) is 0 Å². The molecule has 0 unspecified atom stereocenters. The molecule has 1 N–H and O–H groups in total. The fourth-order valence-corrected chi connectivity index (χ4v) is 3.83. The molecular formula is C18H24N2S.